The lowest BCUT2D eigenvalue weighted by Crippen LogP contribution is -2.21. The van der Waals surface area contributed by atoms with E-state index in [4.69, 9.17) is 14.8 Å². The molecule has 52 heavy (non-hydrogen) atoms. The van der Waals surface area contributed by atoms with Crippen molar-refractivity contribution in [3.63, 3.8) is 0 Å². The molecular weight excluding hydrogens is 637 g/mol. The third-order valence-electron chi connectivity index (χ3n) is 11.2. The van der Waals surface area contributed by atoms with Crippen molar-refractivity contribution < 1.29 is 4.74 Å². The van der Waals surface area contributed by atoms with Crippen molar-refractivity contribution in [2.45, 2.75) is 106 Å². The summed E-state index contributed by atoms with van der Waals surface area (Å²) in [6.45, 7) is 23.0. The molecular formula is C47H56N4O. The predicted molar refractivity (Wildman–Crippen MR) is 218 cm³/mol. The first-order valence-electron chi connectivity index (χ1n) is 19.4. The highest BCUT2D eigenvalue weighted by Gasteiger charge is 2.33. The second-order valence-electron chi connectivity index (χ2n) is 16.8. The molecule has 3 aromatic carbocycles. The summed E-state index contributed by atoms with van der Waals surface area (Å²) in [6.07, 6.45) is 8.68. The van der Waals surface area contributed by atoms with Crippen LogP contribution in [0.3, 0.4) is 0 Å². The molecule has 0 fully saturated rings. The highest BCUT2D eigenvalue weighted by Crippen LogP contribution is 2.44. The number of rotatable bonds is 9. The zero-order chi connectivity index (χ0) is 36.9. The molecule has 0 N–H and O–H groups in total. The number of allylic oxidation sites excluding steroid dienone is 2. The second kappa shape index (κ2) is 14.1. The van der Waals surface area contributed by atoms with Gasteiger partial charge in [0.25, 0.3) is 0 Å². The van der Waals surface area contributed by atoms with Gasteiger partial charge in [0.15, 0.2) is 0 Å². The highest BCUT2D eigenvalue weighted by molar-refractivity contribution is 6.09. The van der Waals surface area contributed by atoms with Gasteiger partial charge >= 0.3 is 0 Å². The van der Waals surface area contributed by atoms with E-state index in [2.05, 4.69) is 157 Å². The van der Waals surface area contributed by atoms with Crippen LogP contribution < -0.4 is 4.74 Å². The average molecular weight is 693 g/mol. The molecule has 7 rings (SSSR count). The number of aromatic nitrogens is 4. The number of pyridine rings is 1. The Hall–Kier alpha value is -4.64. The summed E-state index contributed by atoms with van der Waals surface area (Å²) >= 11 is 0. The maximum absolute atomic E-state index is 6.87. The minimum atomic E-state index is -0.0864. The summed E-state index contributed by atoms with van der Waals surface area (Å²) in [6, 6.07) is 26.1. The quantitative estimate of drug-likeness (QED) is 0.142. The highest BCUT2D eigenvalue weighted by atomic mass is 16.5. The third-order valence-corrected chi connectivity index (χ3v) is 11.2. The van der Waals surface area contributed by atoms with Crippen molar-refractivity contribution in [2.75, 3.05) is 0 Å². The Morgan fingerprint density at radius 2 is 1.65 bits per heavy atom. The Morgan fingerprint density at radius 1 is 0.885 bits per heavy atom. The average Bonchev–Trinajstić information content (AvgIpc) is 3.60. The van der Waals surface area contributed by atoms with Crippen LogP contribution in [0.4, 0.5) is 0 Å². The van der Waals surface area contributed by atoms with Crippen molar-refractivity contribution in [3.05, 3.63) is 119 Å². The van der Waals surface area contributed by atoms with Crippen molar-refractivity contribution >= 4 is 21.8 Å². The molecule has 5 heteroatoms. The Balaban J connectivity index is 1.36. The van der Waals surface area contributed by atoms with Crippen molar-refractivity contribution in [3.8, 4) is 23.0 Å². The van der Waals surface area contributed by atoms with Gasteiger partial charge < -0.3 is 4.74 Å². The van der Waals surface area contributed by atoms with Gasteiger partial charge in [0.05, 0.1) is 22.4 Å². The van der Waals surface area contributed by atoms with Gasteiger partial charge in [-0.1, -0.05) is 85.2 Å². The van der Waals surface area contributed by atoms with E-state index in [0.717, 1.165) is 59.0 Å². The second-order valence-corrected chi connectivity index (χ2v) is 16.8. The van der Waals surface area contributed by atoms with E-state index in [-0.39, 0.29) is 5.41 Å². The van der Waals surface area contributed by atoms with Crippen LogP contribution in [0.5, 0.6) is 11.5 Å². The minimum absolute atomic E-state index is 0.0864. The molecule has 0 aliphatic heterocycles. The number of hydrogen-bond acceptors (Lipinski definition) is 3. The molecule has 1 unspecified atom stereocenters. The van der Waals surface area contributed by atoms with E-state index in [0.29, 0.717) is 23.7 Å². The number of benzene rings is 3. The summed E-state index contributed by atoms with van der Waals surface area (Å²) in [5.41, 5.74) is 11.1. The van der Waals surface area contributed by atoms with Crippen LogP contribution in [0.15, 0.2) is 90.6 Å². The van der Waals surface area contributed by atoms with Gasteiger partial charge in [0.2, 0.25) is 0 Å². The standard InChI is InChI=1S/C47H56N4O/c1-11-34-20-21-48-44(24-34)50-41-15-13-12-14-39(41)40-18-17-37(28-43(40)50)52-38-26-35(47(8,9)10)25-36(27-38)51-42(19-16-29(2)3)46(33(7)49-51)45-31(5)22-30(4)23-32(45)6/h12-15,17-18,20-22,24-30,32,45H,11,16,19,23H2,1-10H3/t30-,32?,45-/m0/s1. The van der Waals surface area contributed by atoms with Gasteiger partial charge in [-0.15, -0.1) is 0 Å². The Morgan fingerprint density at radius 3 is 2.38 bits per heavy atom. The lowest BCUT2D eigenvalue weighted by molar-refractivity contribution is 0.389. The van der Waals surface area contributed by atoms with Crippen LogP contribution in [0, 0.1) is 24.7 Å². The van der Waals surface area contributed by atoms with Crippen LogP contribution in [0.2, 0.25) is 0 Å². The van der Waals surface area contributed by atoms with Gasteiger partial charge in [0, 0.05) is 46.3 Å². The normalized spacial score (nSPS) is 18.1. The largest absolute Gasteiger partial charge is 0.457 e. The molecule has 5 nitrogen and oxygen atoms in total. The maximum atomic E-state index is 6.87. The first kappa shape index (κ1) is 35.7. The first-order valence-corrected chi connectivity index (χ1v) is 19.4. The number of hydrogen-bond donors (Lipinski definition) is 0. The molecule has 270 valence electrons. The number of nitrogens with zero attached hydrogens (tertiary/aromatic N) is 4. The molecule has 1 aliphatic rings. The summed E-state index contributed by atoms with van der Waals surface area (Å²) in [5, 5.41) is 7.73. The van der Waals surface area contributed by atoms with E-state index in [9.17, 15) is 0 Å². The van der Waals surface area contributed by atoms with Gasteiger partial charge in [-0.05, 0) is 116 Å². The number of ether oxygens (including phenoxy) is 1. The predicted octanol–water partition coefficient (Wildman–Crippen LogP) is 12.6. The lowest BCUT2D eigenvalue weighted by atomic mass is 9.72. The minimum Gasteiger partial charge on any atom is -0.457 e. The van der Waals surface area contributed by atoms with Crippen LogP contribution in [0.1, 0.15) is 109 Å². The Labute approximate surface area is 310 Å². The molecule has 0 amide bonds. The van der Waals surface area contributed by atoms with Crippen LogP contribution in [-0.2, 0) is 18.3 Å². The lowest BCUT2D eigenvalue weighted by Gasteiger charge is -2.33. The van der Waals surface area contributed by atoms with Crippen molar-refractivity contribution in [1.29, 1.82) is 0 Å². The smallest absolute Gasteiger partial charge is 0.137 e. The first-order chi connectivity index (χ1) is 24.8. The fourth-order valence-corrected chi connectivity index (χ4v) is 8.57. The molecule has 0 bridgehead atoms. The SMILES string of the molecule is CCc1ccnc(-n2c3ccccc3c3ccc(Oc4cc(-n5nc(C)c([C@H]6C(C)=C[C@H](C)CC6C)c5CCC(C)C)cc(C(C)(C)C)c4)cc32)c1. The van der Waals surface area contributed by atoms with Gasteiger partial charge in [-0.2, -0.15) is 5.10 Å². The topological polar surface area (TPSA) is 44.9 Å². The molecule has 3 aromatic heterocycles. The summed E-state index contributed by atoms with van der Waals surface area (Å²) in [7, 11) is 0. The van der Waals surface area contributed by atoms with Gasteiger partial charge in [-0.3, -0.25) is 4.57 Å². The molecule has 3 heterocycles. The van der Waals surface area contributed by atoms with E-state index in [1.807, 2.05) is 6.20 Å². The van der Waals surface area contributed by atoms with Gasteiger partial charge in [-0.25, -0.2) is 9.67 Å². The molecule has 1 aliphatic carbocycles. The van der Waals surface area contributed by atoms with E-state index in [1.165, 1.54) is 45.2 Å². The van der Waals surface area contributed by atoms with Crippen molar-refractivity contribution in [1.82, 2.24) is 19.3 Å². The van der Waals surface area contributed by atoms with Crippen molar-refractivity contribution in [2.24, 2.45) is 17.8 Å². The third kappa shape index (κ3) is 6.83. The van der Waals surface area contributed by atoms with Gasteiger partial charge in [0.1, 0.15) is 17.3 Å². The summed E-state index contributed by atoms with van der Waals surface area (Å²) in [4.78, 5) is 4.83. The van der Waals surface area contributed by atoms with Crippen LogP contribution in [-0.4, -0.2) is 19.3 Å². The van der Waals surface area contributed by atoms with E-state index < -0.39 is 0 Å². The monoisotopic (exact) mass is 692 g/mol. The molecule has 0 spiro atoms. The zero-order valence-electron chi connectivity index (χ0n) is 32.9. The Bertz CT molecular complexity index is 2280. The molecule has 3 atom stereocenters. The molecule has 6 aromatic rings. The van der Waals surface area contributed by atoms with Crippen LogP contribution in [0.25, 0.3) is 33.3 Å². The fourth-order valence-electron chi connectivity index (χ4n) is 8.57. The van der Waals surface area contributed by atoms with E-state index >= 15 is 0 Å². The zero-order valence-corrected chi connectivity index (χ0v) is 32.9. The summed E-state index contributed by atoms with van der Waals surface area (Å²) in [5.74, 6) is 4.70. The Kier molecular flexibility index (Phi) is 9.67. The molecule has 0 saturated carbocycles. The maximum Gasteiger partial charge on any atom is 0.137 e. The number of fused-ring (bicyclic) bond motifs is 3. The van der Waals surface area contributed by atoms with Crippen LogP contribution >= 0.6 is 0 Å². The van der Waals surface area contributed by atoms with E-state index in [1.54, 1.807) is 0 Å². The number of para-hydroxylation sites is 1. The summed E-state index contributed by atoms with van der Waals surface area (Å²) < 4.78 is 11.4. The molecule has 0 saturated heterocycles. The fraction of sp³-hybridized carbons (Fsp3) is 0.404. The number of aryl methyl sites for hydroxylation is 2. The molecule has 0 radical (unpaired) electrons.